The molecule has 0 bridgehead atoms. The van der Waals surface area contributed by atoms with E-state index in [9.17, 15) is 0 Å². The quantitative estimate of drug-likeness (QED) is 0.828. The minimum absolute atomic E-state index is 0.538. The van der Waals surface area contributed by atoms with Crippen molar-refractivity contribution in [3.8, 4) is 11.5 Å². The molecule has 0 saturated heterocycles. The molecule has 0 amide bonds. The second-order valence-electron chi connectivity index (χ2n) is 6.43. The van der Waals surface area contributed by atoms with Crippen molar-refractivity contribution in [1.29, 1.82) is 0 Å². The van der Waals surface area contributed by atoms with Crippen LogP contribution in [-0.2, 0) is 0 Å². The van der Waals surface area contributed by atoms with E-state index in [0.717, 1.165) is 24.6 Å². The molecule has 2 rings (SSSR count). The molecular formula is C18H29NO2. The van der Waals surface area contributed by atoms with Crippen LogP contribution >= 0.6 is 0 Å². The van der Waals surface area contributed by atoms with Gasteiger partial charge in [0.1, 0.15) is 11.5 Å². The van der Waals surface area contributed by atoms with Crippen molar-refractivity contribution >= 4 is 0 Å². The van der Waals surface area contributed by atoms with Crippen molar-refractivity contribution in [2.45, 2.75) is 39.0 Å². The average Bonchev–Trinajstić information content (AvgIpc) is 2.94. The monoisotopic (exact) mass is 291 g/mol. The molecule has 118 valence electrons. The summed E-state index contributed by atoms with van der Waals surface area (Å²) in [6.07, 6.45) is 3.81. The van der Waals surface area contributed by atoms with E-state index < -0.39 is 0 Å². The molecule has 0 radical (unpaired) electrons. The van der Waals surface area contributed by atoms with E-state index in [2.05, 4.69) is 31.3 Å². The first-order valence-corrected chi connectivity index (χ1v) is 8.09. The van der Waals surface area contributed by atoms with E-state index in [1.165, 1.54) is 24.8 Å². The van der Waals surface area contributed by atoms with Gasteiger partial charge in [0.25, 0.3) is 0 Å². The molecule has 0 aromatic heterocycles. The van der Waals surface area contributed by atoms with Crippen LogP contribution in [0.25, 0.3) is 0 Å². The van der Waals surface area contributed by atoms with Crippen LogP contribution in [0, 0.1) is 11.8 Å². The lowest BCUT2D eigenvalue weighted by molar-refractivity contribution is 0.360. The first kappa shape index (κ1) is 16.2. The predicted molar refractivity (Wildman–Crippen MR) is 87.3 cm³/mol. The van der Waals surface area contributed by atoms with Crippen LogP contribution in [0.1, 0.15) is 44.6 Å². The lowest BCUT2D eigenvalue weighted by Crippen LogP contribution is -2.28. The molecular weight excluding hydrogens is 262 g/mol. The van der Waals surface area contributed by atoms with Gasteiger partial charge >= 0.3 is 0 Å². The van der Waals surface area contributed by atoms with Crippen LogP contribution in [0.2, 0.25) is 0 Å². The summed E-state index contributed by atoms with van der Waals surface area (Å²) in [6, 6.07) is 6.10. The van der Waals surface area contributed by atoms with Crippen LogP contribution < -0.4 is 14.8 Å². The number of methoxy groups -OCH3 is 2. The maximum atomic E-state index is 5.59. The Morgan fingerprint density at radius 3 is 2.38 bits per heavy atom. The summed E-state index contributed by atoms with van der Waals surface area (Å²) in [5, 5.41) is 3.62. The standard InChI is InChI=1S/C18H29NO2/c1-13(2)11-19-12-14-7-5-8-15(14)18-16(20-3)9-6-10-17(18)21-4/h6,9-10,13-15,19H,5,7-8,11-12H2,1-4H3. The van der Waals surface area contributed by atoms with Gasteiger partial charge < -0.3 is 14.8 Å². The Morgan fingerprint density at radius 2 is 1.81 bits per heavy atom. The topological polar surface area (TPSA) is 30.5 Å². The molecule has 1 aliphatic carbocycles. The van der Waals surface area contributed by atoms with Gasteiger partial charge in [0.2, 0.25) is 0 Å². The Morgan fingerprint density at radius 1 is 1.14 bits per heavy atom. The number of rotatable bonds is 7. The summed E-state index contributed by atoms with van der Waals surface area (Å²) in [7, 11) is 3.50. The molecule has 0 aliphatic heterocycles. The van der Waals surface area contributed by atoms with Gasteiger partial charge in [-0.05, 0) is 55.8 Å². The van der Waals surface area contributed by atoms with Crippen LogP contribution in [0.15, 0.2) is 18.2 Å². The van der Waals surface area contributed by atoms with E-state index in [0.29, 0.717) is 17.8 Å². The van der Waals surface area contributed by atoms with E-state index in [-0.39, 0.29) is 0 Å². The average molecular weight is 291 g/mol. The highest BCUT2D eigenvalue weighted by Crippen LogP contribution is 2.46. The molecule has 2 unspecified atom stereocenters. The SMILES string of the molecule is COc1cccc(OC)c1C1CCCC1CNCC(C)C. The van der Waals surface area contributed by atoms with Crippen molar-refractivity contribution in [2.24, 2.45) is 11.8 Å². The smallest absolute Gasteiger partial charge is 0.126 e. The summed E-state index contributed by atoms with van der Waals surface area (Å²) < 4.78 is 11.2. The fraction of sp³-hybridized carbons (Fsp3) is 0.667. The third-order valence-electron chi connectivity index (χ3n) is 4.45. The summed E-state index contributed by atoms with van der Waals surface area (Å²) in [6.45, 7) is 6.68. The molecule has 1 fully saturated rings. The summed E-state index contributed by atoms with van der Waals surface area (Å²) >= 11 is 0. The number of hydrogen-bond acceptors (Lipinski definition) is 3. The van der Waals surface area contributed by atoms with E-state index in [1.807, 2.05) is 6.07 Å². The zero-order valence-electron chi connectivity index (χ0n) is 13.8. The maximum absolute atomic E-state index is 5.59. The largest absolute Gasteiger partial charge is 0.496 e. The second-order valence-corrected chi connectivity index (χ2v) is 6.43. The van der Waals surface area contributed by atoms with Crippen molar-refractivity contribution in [1.82, 2.24) is 5.32 Å². The molecule has 1 aromatic rings. The normalized spacial score (nSPS) is 21.8. The summed E-state index contributed by atoms with van der Waals surface area (Å²) in [5.74, 6) is 3.85. The minimum Gasteiger partial charge on any atom is -0.496 e. The minimum atomic E-state index is 0.538. The highest BCUT2D eigenvalue weighted by atomic mass is 16.5. The molecule has 0 heterocycles. The fourth-order valence-corrected chi connectivity index (χ4v) is 3.46. The lowest BCUT2D eigenvalue weighted by Gasteiger charge is -2.24. The maximum Gasteiger partial charge on any atom is 0.126 e. The van der Waals surface area contributed by atoms with Crippen LogP contribution in [0.5, 0.6) is 11.5 Å². The zero-order valence-corrected chi connectivity index (χ0v) is 13.8. The molecule has 1 aliphatic rings. The highest BCUT2D eigenvalue weighted by molar-refractivity contribution is 5.48. The van der Waals surface area contributed by atoms with Crippen LogP contribution in [0.3, 0.4) is 0 Å². The lowest BCUT2D eigenvalue weighted by atomic mass is 9.87. The number of ether oxygens (including phenoxy) is 2. The van der Waals surface area contributed by atoms with Gasteiger partial charge in [-0.3, -0.25) is 0 Å². The van der Waals surface area contributed by atoms with Gasteiger partial charge in [-0.15, -0.1) is 0 Å². The first-order chi connectivity index (χ1) is 10.2. The highest BCUT2D eigenvalue weighted by Gasteiger charge is 2.32. The molecule has 1 aromatic carbocycles. The third-order valence-corrected chi connectivity index (χ3v) is 4.45. The van der Waals surface area contributed by atoms with Crippen molar-refractivity contribution in [3.05, 3.63) is 23.8 Å². The van der Waals surface area contributed by atoms with Gasteiger partial charge in [-0.25, -0.2) is 0 Å². The number of hydrogen-bond donors (Lipinski definition) is 1. The van der Waals surface area contributed by atoms with Crippen LogP contribution in [0.4, 0.5) is 0 Å². The Hall–Kier alpha value is -1.22. The number of benzene rings is 1. The first-order valence-electron chi connectivity index (χ1n) is 8.09. The third kappa shape index (κ3) is 3.91. The number of nitrogens with one attached hydrogen (secondary N) is 1. The van der Waals surface area contributed by atoms with Gasteiger partial charge in [-0.1, -0.05) is 26.3 Å². The summed E-state index contributed by atoms with van der Waals surface area (Å²) in [4.78, 5) is 0. The molecule has 0 spiro atoms. The Balaban J connectivity index is 2.15. The van der Waals surface area contributed by atoms with Gasteiger partial charge in [0, 0.05) is 5.56 Å². The van der Waals surface area contributed by atoms with E-state index in [4.69, 9.17) is 9.47 Å². The van der Waals surface area contributed by atoms with E-state index in [1.54, 1.807) is 14.2 Å². The van der Waals surface area contributed by atoms with Gasteiger partial charge in [-0.2, -0.15) is 0 Å². The van der Waals surface area contributed by atoms with Crippen LogP contribution in [-0.4, -0.2) is 27.3 Å². The van der Waals surface area contributed by atoms with Gasteiger partial charge in [0.15, 0.2) is 0 Å². The van der Waals surface area contributed by atoms with Gasteiger partial charge in [0.05, 0.1) is 14.2 Å². The van der Waals surface area contributed by atoms with Crippen molar-refractivity contribution in [2.75, 3.05) is 27.3 Å². The van der Waals surface area contributed by atoms with E-state index >= 15 is 0 Å². The molecule has 3 heteroatoms. The van der Waals surface area contributed by atoms with Crippen molar-refractivity contribution < 1.29 is 9.47 Å². The fourth-order valence-electron chi connectivity index (χ4n) is 3.46. The molecule has 1 N–H and O–H groups in total. The Kier molecular flexibility index (Phi) is 5.92. The molecule has 2 atom stereocenters. The predicted octanol–water partition coefficient (Wildman–Crippen LogP) is 3.83. The molecule has 3 nitrogen and oxygen atoms in total. The second kappa shape index (κ2) is 7.69. The zero-order chi connectivity index (χ0) is 15.2. The Bertz CT molecular complexity index is 423. The molecule has 1 saturated carbocycles. The molecule has 21 heavy (non-hydrogen) atoms. The Labute approximate surface area is 129 Å². The summed E-state index contributed by atoms with van der Waals surface area (Å²) in [5.41, 5.74) is 1.26. The van der Waals surface area contributed by atoms with Crippen molar-refractivity contribution in [3.63, 3.8) is 0 Å².